The number of aliphatic hydroxyl groups excluding tert-OH is 7. The van der Waals surface area contributed by atoms with Gasteiger partial charge in [0.05, 0.1) is 0 Å². The van der Waals surface area contributed by atoms with Crippen molar-refractivity contribution in [3.63, 3.8) is 0 Å². The van der Waals surface area contributed by atoms with Crippen molar-refractivity contribution in [2.75, 3.05) is 13.1 Å². The zero-order valence-electron chi connectivity index (χ0n) is 17.9. The van der Waals surface area contributed by atoms with Crippen molar-refractivity contribution in [1.29, 1.82) is 0 Å². The van der Waals surface area contributed by atoms with Crippen LogP contribution in [0.15, 0.2) is 0 Å². The predicted molar refractivity (Wildman–Crippen MR) is 108 cm³/mol. The fourth-order valence-electron chi connectivity index (χ4n) is 4.40. The Balaban J connectivity index is 1.72. The summed E-state index contributed by atoms with van der Waals surface area (Å²) >= 11 is 0. The van der Waals surface area contributed by atoms with Gasteiger partial charge in [-0.2, -0.15) is 0 Å². The van der Waals surface area contributed by atoms with Crippen molar-refractivity contribution in [2.24, 2.45) is 22.9 Å². The molecule has 1 unspecified atom stereocenters. The van der Waals surface area contributed by atoms with Gasteiger partial charge in [-0.15, -0.1) is 0 Å². The average Bonchev–Trinajstić information content (AvgIpc) is 2.79. The third-order valence-corrected chi connectivity index (χ3v) is 6.45. The van der Waals surface area contributed by atoms with Crippen LogP contribution in [-0.4, -0.2) is 141 Å². The van der Waals surface area contributed by atoms with Gasteiger partial charge in [0.15, 0.2) is 12.6 Å². The first-order chi connectivity index (χ1) is 15.5. The van der Waals surface area contributed by atoms with Gasteiger partial charge in [-0.3, -0.25) is 0 Å². The van der Waals surface area contributed by atoms with Crippen molar-refractivity contribution in [2.45, 2.75) is 98.2 Å². The molecule has 3 fully saturated rings. The Morgan fingerprint density at radius 3 is 1.27 bits per heavy atom. The van der Waals surface area contributed by atoms with Crippen LogP contribution >= 0.6 is 0 Å². The zero-order chi connectivity index (χ0) is 24.6. The van der Waals surface area contributed by atoms with Crippen molar-refractivity contribution >= 4 is 0 Å². The van der Waals surface area contributed by atoms with Gasteiger partial charge < -0.3 is 77.6 Å². The minimum Gasteiger partial charge on any atom is -0.388 e. The number of ether oxygens (including phenoxy) is 4. The second-order valence-corrected chi connectivity index (χ2v) is 8.76. The Kier molecular flexibility index (Phi) is 8.99. The fourth-order valence-corrected chi connectivity index (χ4v) is 4.40. The largest absolute Gasteiger partial charge is 0.388 e. The Morgan fingerprint density at radius 1 is 0.576 bits per heavy atom. The van der Waals surface area contributed by atoms with Crippen LogP contribution in [0, 0.1) is 0 Å². The van der Waals surface area contributed by atoms with E-state index in [-0.39, 0.29) is 19.5 Å². The summed E-state index contributed by atoms with van der Waals surface area (Å²) < 4.78 is 22.2. The van der Waals surface area contributed by atoms with Gasteiger partial charge >= 0.3 is 0 Å². The average molecular weight is 485 g/mol. The van der Waals surface area contributed by atoms with E-state index in [0.717, 1.165) is 0 Å². The van der Waals surface area contributed by atoms with E-state index in [9.17, 15) is 35.7 Å². The van der Waals surface area contributed by atoms with Gasteiger partial charge in [0, 0.05) is 25.2 Å². The first-order valence-corrected chi connectivity index (χ1v) is 10.8. The number of rotatable bonds is 6. The summed E-state index contributed by atoms with van der Waals surface area (Å²) in [6.45, 7) is -0.345. The minimum atomic E-state index is -1.66. The standard InChI is InChI=1S/C18H36N4O11/c19-2-6-8(23)10(25)12(27)17(30-6)32-15-4(21)1-5(22)16(14(15)29)33-18-13(28)11(26)9(24)7(3-20)31-18/h4-18,23-29H,1-3,19-22H2/t4-,5+,6+,7-,8+,9-,10-,11+,12+,13-,14?,15+,16-,17-,18-/m1/s1. The molecule has 15 N–H and O–H groups in total. The lowest BCUT2D eigenvalue weighted by Crippen LogP contribution is -2.68. The third-order valence-electron chi connectivity index (χ3n) is 6.45. The first-order valence-electron chi connectivity index (χ1n) is 10.8. The van der Waals surface area contributed by atoms with Crippen LogP contribution in [0.1, 0.15) is 6.42 Å². The Bertz CT molecular complexity index is 584. The van der Waals surface area contributed by atoms with Gasteiger partial charge in [0.25, 0.3) is 0 Å². The van der Waals surface area contributed by atoms with Crippen LogP contribution in [0.3, 0.4) is 0 Å². The molecule has 15 heteroatoms. The molecule has 3 rings (SSSR count). The molecule has 0 radical (unpaired) electrons. The molecule has 1 saturated carbocycles. The summed E-state index contributed by atoms with van der Waals surface area (Å²) in [5.41, 5.74) is 23.2. The molecule has 0 aromatic carbocycles. The molecule has 0 aromatic rings. The van der Waals surface area contributed by atoms with E-state index < -0.39 is 91.8 Å². The summed E-state index contributed by atoms with van der Waals surface area (Å²) in [6.07, 6.45) is -18.3. The van der Waals surface area contributed by atoms with Gasteiger partial charge in [0.2, 0.25) is 0 Å². The summed E-state index contributed by atoms with van der Waals surface area (Å²) in [5, 5.41) is 71.4. The van der Waals surface area contributed by atoms with Crippen LogP contribution in [0.5, 0.6) is 0 Å². The maximum absolute atomic E-state index is 10.9. The molecule has 194 valence electrons. The van der Waals surface area contributed by atoms with Crippen LogP contribution < -0.4 is 22.9 Å². The van der Waals surface area contributed by atoms with E-state index in [1.165, 1.54) is 0 Å². The first kappa shape index (κ1) is 27.0. The molecule has 0 amide bonds. The van der Waals surface area contributed by atoms with E-state index in [2.05, 4.69) is 0 Å². The minimum absolute atomic E-state index is 0.0784. The summed E-state index contributed by atoms with van der Waals surface area (Å²) in [6, 6.07) is -1.68. The number of hydrogen-bond acceptors (Lipinski definition) is 15. The van der Waals surface area contributed by atoms with Crippen molar-refractivity contribution in [3.05, 3.63) is 0 Å². The normalized spacial score (nSPS) is 53.7. The molecule has 2 saturated heterocycles. The quantitative estimate of drug-likeness (QED) is 0.167. The third kappa shape index (κ3) is 5.32. The number of hydrogen-bond donors (Lipinski definition) is 11. The zero-order valence-corrected chi connectivity index (χ0v) is 17.9. The van der Waals surface area contributed by atoms with Gasteiger partial charge in [-0.1, -0.05) is 0 Å². The monoisotopic (exact) mass is 484 g/mol. The van der Waals surface area contributed by atoms with Gasteiger partial charge in [0.1, 0.15) is 67.1 Å². The Morgan fingerprint density at radius 2 is 0.939 bits per heavy atom. The number of nitrogens with two attached hydrogens (primary N) is 4. The molecule has 15 atom stereocenters. The molecular weight excluding hydrogens is 448 g/mol. The van der Waals surface area contributed by atoms with Crippen molar-refractivity contribution < 1.29 is 54.7 Å². The highest BCUT2D eigenvalue weighted by molar-refractivity contribution is 5.01. The maximum atomic E-state index is 10.9. The Labute approximate surface area is 189 Å². The second-order valence-electron chi connectivity index (χ2n) is 8.76. The lowest BCUT2D eigenvalue weighted by molar-refractivity contribution is -0.336. The molecule has 2 heterocycles. The molecular formula is C18H36N4O11. The van der Waals surface area contributed by atoms with E-state index in [1.807, 2.05) is 0 Å². The predicted octanol–water partition coefficient (Wildman–Crippen LogP) is -7.29. The molecule has 33 heavy (non-hydrogen) atoms. The summed E-state index contributed by atoms with van der Waals surface area (Å²) in [5.74, 6) is 0. The van der Waals surface area contributed by atoms with Crippen LogP contribution in [0.4, 0.5) is 0 Å². The van der Waals surface area contributed by atoms with Crippen molar-refractivity contribution in [3.8, 4) is 0 Å². The smallest absolute Gasteiger partial charge is 0.187 e. The molecule has 0 spiro atoms. The summed E-state index contributed by atoms with van der Waals surface area (Å²) in [4.78, 5) is 0. The lowest BCUT2D eigenvalue weighted by Gasteiger charge is -2.48. The number of aliphatic hydroxyl groups is 7. The second kappa shape index (κ2) is 11.0. The topological polar surface area (TPSA) is 283 Å². The Hall–Kier alpha value is -0.600. The summed E-state index contributed by atoms with van der Waals surface area (Å²) in [7, 11) is 0. The molecule has 2 aliphatic heterocycles. The maximum Gasteiger partial charge on any atom is 0.187 e. The highest BCUT2D eigenvalue weighted by Crippen LogP contribution is 2.31. The van der Waals surface area contributed by atoms with E-state index in [1.54, 1.807) is 0 Å². The van der Waals surface area contributed by atoms with Crippen LogP contribution in [0.2, 0.25) is 0 Å². The van der Waals surface area contributed by atoms with Gasteiger partial charge in [-0.05, 0) is 6.42 Å². The van der Waals surface area contributed by atoms with E-state index in [0.29, 0.717) is 0 Å². The van der Waals surface area contributed by atoms with Crippen LogP contribution in [-0.2, 0) is 18.9 Å². The SMILES string of the molecule is NC[C@@H]1O[C@H](O[C@@H]2C(O)[C@H](O[C@H]3O[C@H](CN)[C@@H](O)[C@H](O)[C@H]3O)[C@@H](N)C[C@H]2N)[C@@H](O)[C@H](O)[C@H]1O. The van der Waals surface area contributed by atoms with Crippen LogP contribution in [0.25, 0.3) is 0 Å². The lowest BCUT2D eigenvalue weighted by atomic mass is 9.84. The highest BCUT2D eigenvalue weighted by Gasteiger charge is 2.51. The molecule has 0 aromatic heterocycles. The van der Waals surface area contributed by atoms with E-state index >= 15 is 0 Å². The van der Waals surface area contributed by atoms with Gasteiger partial charge in [-0.25, -0.2) is 0 Å². The van der Waals surface area contributed by atoms with Crippen molar-refractivity contribution in [1.82, 2.24) is 0 Å². The molecule has 1 aliphatic carbocycles. The highest BCUT2D eigenvalue weighted by atomic mass is 16.7. The van der Waals surface area contributed by atoms with E-state index in [4.69, 9.17) is 41.9 Å². The molecule has 0 bridgehead atoms. The fraction of sp³-hybridized carbons (Fsp3) is 1.00. The molecule has 3 aliphatic rings. The molecule has 15 nitrogen and oxygen atoms in total.